The maximum absolute atomic E-state index is 13.5. The molecule has 0 atom stereocenters. The number of rotatable bonds is 7. The highest BCUT2D eigenvalue weighted by Crippen LogP contribution is 2.55. The second-order valence-electron chi connectivity index (χ2n) is 12.7. The molecule has 2 aromatic carbocycles. The van der Waals surface area contributed by atoms with Gasteiger partial charge in [-0.05, 0) is 64.8 Å². The quantitative estimate of drug-likeness (QED) is 0.167. The lowest BCUT2D eigenvalue weighted by Gasteiger charge is -2.55. The number of pyridine rings is 1. The van der Waals surface area contributed by atoms with Gasteiger partial charge in [0, 0.05) is 11.9 Å². The van der Waals surface area contributed by atoms with Crippen LogP contribution in [0, 0.1) is 28.5 Å². The number of carbonyl (C=O) groups is 2. The van der Waals surface area contributed by atoms with Crippen LogP contribution in [0.15, 0.2) is 73.2 Å². The third-order valence-corrected chi connectivity index (χ3v) is 7.82. The van der Waals surface area contributed by atoms with Gasteiger partial charge in [-0.1, -0.05) is 77.3 Å². The summed E-state index contributed by atoms with van der Waals surface area (Å²) < 4.78 is 19.3. The number of anilines is 2. The van der Waals surface area contributed by atoms with E-state index >= 15 is 0 Å². The predicted molar refractivity (Wildman–Crippen MR) is 176 cm³/mol. The second kappa shape index (κ2) is 13.6. The maximum Gasteiger partial charge on any atom is 0.417 e. The van der Waals surface area contributed by atoms with E-state index in [1.165, 1.54) is 24.7 Å². The number of hydrogen-bond acceptors (Lipinski definition) is 7. The Morgan fingerprint density at radius 3 is 2.26 bits per heavy atom. The minimum absolute atomic E-state index is 0.141. The zero-order valence-electron chi connectivity index (χ0n) is 26.8. The lowest BCUT2D eigenvalue weighted by molar-refractivity contribution is -0.0694. The molecule has 2 aromatic heterocycles. The Hall–Kier alpha value is -5.21. The molecule has 0 unspecified atom stereocenters. The van der Waals surface area contributed by atoms with Gasteiger partial charge in [0.2, 0.25) is 0 Å². The Morgan fingerprint density at radius 2 is 1.64 bits per heavy atom. The van der Waals surface area contributed by atoms with Gasteiger partial charge >= 0.3 is 12.2 Å². The van der Waals surface area contributed by atoms with Crippen LogP contribution < -0.4 is 10.1 Å². The summed E-state index contributed by atoms with van der Waals surface area (Å²) in [4.78, 5) is 38.4. The monoisotopic (exact) mass is 659 g/mol. The van der Waals surface area contributed by atoms with Gasteiger partial charge in [0.25, 0.3) is 0 Å². The summed E-state index contributed by atoms with van der Waals surface area (Å²) in [7, 11) is 0. The van der Waals surface area contributed by atoms with Crippen LogP contribution in [-0.2, 0) is 12.1 Å². The van der Waals surface area contributed by atoms with Crippen molar-refractivity contribution in [3.63, 3.8) is 0 Å². The zero-order chi connectivity index (χ0) is 34.6. The van der Waals surface area contributed by atoms with E-state index in [-0.39, 0.29) is 23.8 Å². The molecule has 2 amide bonds. The van der Waals surface area contributed by atoms with Crippen molar-refractivity contribution < 1.29 is 28.9 Å². The first-order valence-corrected chi connectivity index (χ1v) is 14.9. The minimum Gasteiger partial charge on any atom is -0.487 e. The van der Waals surface area contributed by atoms with Gasteiger partial charge < -0.3 is 20.3 Å². The standard InChI is InChI=1S/C35H35ClFN5O5/c1-33(2,3)35(34(4,5)6,42(31(43)44)32(45)46)29-12-8-11-25(40-29)14-13-23-19-38-21-39-30(23)41-26-15-16-28(27(36)18-26)47-20-22-9-7-10-24(37)17-22/h7-12,15-19,21H,20H2,1-6H3,(H,43,44)(H,45,46)(H,38,39,41). The lowest BCUT2D eigenvalue weighted by atomic mass is 9.57. The Kier molecular flexibility index (Phi) is 10.1. The highest BCUT2D eigenvalue weighted by Gasteiger charge is 2.61. The summed E-state index contributed by atoms with van der Waals surface area (Å²) in [5.74, 6) is 6.45. The number of nitrogens with one attached hydrogen (secondary N) is 1. The van der Waals surface area contributed by atoms with Crippen molar-refractivity contribution in [2.45, 2.75) is 53.7 Å². The number of benzene rings is 2. The lowest BCUT2D eigenvalue weighted by Crippen LogP contribution is -2.65. The van der Waals surface area contributed by atoms with Crippen molar-refractivity contribution in [1.29, 1.82) is 0 Å². The van der Waals surface area contributed by atoms with Crippen molar-refractivity contribution in [2.75, 3.05) is 5.32 Å². The van der Waals surface area contributed by atoms with Crippen molar-refractivity contribution in [2.24, 2.45) is 10.8 Å². The fourth-order valence-corrected chi connectivity index (χ4v) is 6.26. The number of hydrogen-bond donors (Lipinski definition) is 3. The topological polar surface area (TPSA) is 138 Å². The summed E-state index contributed by atoms with van der Waals surface area (Å²) in [5, 5.41) is 23.7. The van der Waals surface area contributed by atoms with E-state index in [9.17, 15) is 24.2 Å². The molecule has 0 aliphatic carbocycles. The molecule has 12 heteroatoms. The van der Waals surface area contributed by atoms with Gasteiger partial charge in [-0.2, -0.15) is 4.90 Å². The maximum atomic E-state index is 13.5. The van der Waals surface area contributed by atoms with Crippen LogP contribution >= 0.6 is 11.6 Å². The summed E-state index contributed by atoms with van der Waals surface area (Å²) in [6.45, 7) is 10.8. The van der Waals surface area contributed by atoms with Gasteiger partial charge in [0.15, 0.2) is 0 Å². The van der Waals surface area contributed by atoms with Crippen molar-refractivity contribution in [3.05, 3.63) is 107 Å². The van der Waals surface area contributed by atoms with Gasteiger partial charge in [-0.25, -0.2) is 28.9 Å². The molecule has 0 aliphatic rings. The second-order valence-corrected chi connectivity index (χ2v) is 13.2. The molecule has 0 saturated heterocycles. The highest BCUT2D eigenvalue weighted by molar-refractivity contribution is 6.32. The molecule has 0 radical (unpaired) electrons. The molecule has 10 nitrogen and oxygen atoms in total. The van der Waals surface area contributed by atoms with E-state index in [1.807, 2.05) is 0 Å². The number of nitrogens with zero attached hydrogens (tertiary/aromatic N) is 4. The van der Waals surface area contributed by atoms with Gasteiger partial charge in [-0.15, -0.1) is 0 Å². The summed E-state index contributed by atoms with van der Waals surface area (Å²) in [6.07, 6.45) is -0.332. The molecule has 3 N–H and O–H groups in total. The van der Waals surface area contributed by atoms with Crippen LogP contribution in [0.2, 0.25) is 5.02 Å². The van der Waals surface area contributed by atoms with E-state index < -0.39 is 28.6 Å². The molecule has 4 rings (SSSR count). The van der Waals surface area contributed by atoms with Crippen LogP contribution in [0.4, 0.5) is 25.5 Å². The number of amides is 2. The van der Waals surface area contributed by atoms with Crippen LogP contribution in [0.5, 0.6) is 5.75 Å². The third kappa shape index (κ3) is 7.45. The number of imide groups is 1. The first kappa shape index (κ1) is 34.7. The minimum atomic E-state index is -1.61. The normalized spacial score (nSPS) is 11.7. The average molecular weight is 660 g/mol. The van der Waals surface area contributed by atoms with Crippen LogP contribution in [-0.4, -0.2) is 42.3 Å². The number of aromatic nitrogens is 3. The van der Waals surface area contributed by atoms with Crippen molar-refractivity contribution >= 4 is 35.3 Å². The van der Waals surface area contributed by atoms with Crippen molar-refractivity contribution in [1.82, 2.24) is 19.9 Å². The first-order chi connectivity index (χ1) is 22.0. The largest absolute Gasteiger partial charge is 0.487 e. The molecule has 0 bridgehead atoms. The molecule has 0 aliphatic heterocycles. The van der Waals surface area contributed by atoms with E-state index in [0.29, 0.717) is 38.3 Å². The molecule has 0 fully saturated rings. The third-order valence-electron chi connectivity index (χ3n) is 7.52. The Balaban J connectivity index is 1.65. The zero-order valence-corrected chi connectivity index (χ0v) is 27.6. The summed E-state index contributed by atoms with van der Waals surface area (Å²) in [5.41, 5.74) is -1.20. The molecular formula is C35H35ClFN5O5. The Bertz CT molecular complexity index is 1830. The van der Waals surface area contributed by atoms with Gasteiger partial charge in [0.1, 0.15) is 41.6 Å². The van der Waals surface area contributed by atoms with E-state index in [4.69, 9.17) is 21.3 Å². The van der Waals surface area contributed by atoms with E-state index in [1.54, 1.807) is 90.1 Å². The fourth-order valence-electron chi connectivity index (χ4n) is 6.03. The number of halogens is 2. The van der Waals surface area contributed by atoms with Gasteiger partial charge in [-0.3, -0.25) is 0 Å². The van der Waals surface area contributed by atoms with Crippen molar-refractivity contribution in [3.8, 4) is 17.6 Å². The molecule has 0 saturated carbocycles. The molecule has 2 heterocycles. The molecule has 4 aromatic rings. The molecule has 244 valence electrons. The highest BCUT2D eigenvalue weighted by atomic mass is 35.5. The Labute approximate surface area is 277 Å². The van der Waals surface area contributed by atoms with Crippen LogP contribution in [0.1, 0.15) is 64.1 Å². The number of ether oxygens (including phenoxy) is 1. The molecule has 47 heavy (non-hydrogen) atoms. The summed E-state index contributed by atoms with van der Waals surface area (Å²) >= 11 is 6.47. The van der Waals surface area contributed by atoms with Gasteiger partial charge in [0.05, 0.1) is 16.3 Å². The van der Waals surface area contributed by atoms with E-state index in [2.05, 4.69) is 27.1 Å². The predicted octanol–water partition coefficient (Wildman–Crippen LogP) is 8.33. The fraction of sp³-hybridized carbons (Fsp3) is 0.286. The summed E-state index contributed by atoms with van der Waals surface area (Å²) in [6, 6.07) is 16.1. The van der Waals surface area contributed by atoms with Crippen LogP contribution in [0.3, 0.4) is 0 Å². The van der Waals surface area contributed by atoms with Crippen LogP contribution in [0.25, 0.3) is 0 Å². The molecule has 0 spiro atoms. The average Bonchev–Trinajstić information content (AvgIpc) is 2.97. The SMILES string of the molecule is CC(C)(C)C(c1cccc(C#Cc2cncnc2Nc2ccc(OCc3cccc(F)c3)c(Cl)c2)n1)(N(C(=O)O)C(=O)O)C(C)(C)C. The smallest absolute Gasteiger partial charge is 0.417 e. The number of carboxylic acid groups (broad SMARTS) is 2. The Morgan fingerprint density at radius 1 is 0.957 bits per heavy atom. The van der Waals surface area contributed by atoms with E-state index in [0.717, 1.165) is 0 Å². The first-order valence-electron chi connectivity index (χ1n) is 14.5. The molecular weight excluding hydrogens is 625 g/mol.